The zero-order chi connectivity index (χ0) is 14.4. The van der Waals surface area contributed by atoms with Crippen LogP contribution in [0.3, 0.4) is 0 Å². The third-order valence-corrected chi connectivity index (χ3v) is 4.08. The molecular formula is C16H21N3S. The average Bonchev–Trinajstić information content (AvgIpc) is 2.44. The van der Waals surface area contributed by atoms with Crippen molar-refractivity contribution in [2.24, 2.45) is 0 Å². The Morgan fingerprint density at radius 2 is 1.95 bits per heavy atom. The van der Waals surface area contributed by atoms with Crippen molar-refractivity contribution in [1.29, 1.82) is 0 Å². The fourth-order valence-electron chi connectivity index (χ4n) is 1.90. The first kappa shape index (κ1) is 14.9. The molecule has 0 bridgehead atoms. The van der Waals surface area contributed by atoms with Gasteiger partial charge in [-0.2, -0.15) is 0 Å². The van der Waals surface area contributed by atoms with Crippen LogP contribution in [0.15, 0.2) is 35.2 Å². The highest BCUT2D eigenvalue weighted by Gasteiger charge is 2.04. The minimum absolute atomic E-state index is 0.799. The first-order valence-electron chi connectivity index (χ1n) is 6.96. The molecule has 2 rings (SSSR count). The first-order chi connectivity index (χ1) is 9.69. The smallest absolute Gasteiger partial charge is 0.141 e. The standard InChI is InChI=1S/C16H21N3S/c1-4-9-17-15-10-13(3)18-16(19-15)11-20-14-8-6-5-7-12(14)2/h5-8,10H,4,9,11H2,1-3H3,(H,17,18,19). The summed E-state index contributed by atoms with van der Waals surface area (Å²) >= 11 is 1.79. The summed E-state index contributed by atoms with van der Waals surface area (Å²) in [7, 11) is 0. The second kappa shape index (κ2) is 7.29. The van der Waals surface area contributed by atoms with E-state index in [1.165, 1.54) is 10.5 Å². The van der Waals surface area contributed by atoms with E-state index in [0.29, 0.717) is 0 Å². The van der Waals surface area contributed by atoms with Gasteiger partial charge < -0.3 is 5.32 Å². The van der Waals surface area contributed by atoms with Crippen LogP contribution < -0.4 is 5.32 Å². The van der Waals surface area contributed by atoms with Gasteiger partial charge in [-0.25, -0.2) is 9.97 Å². The first-order valence-corrected chi connectivity index (χ1v) is 7.94. The number of anilines is 1. The summed E-state index contributed by atoms with van der Waals surface area (Å²) in [5, 5.41) is 3.32. The summed E-state index contributed by atoms with van der Waals surface area (Å²) in [5.74, 6) is 2.62. The summed E-state index contributed by atoms with van der Waals surface area (Å²) < 4.78 is 0. The van der Waals surface area contributed by atoms with Gasteiger partial charge in [0.2, 0.25) is 0 Å². The number of benzene rings is 1. The van der Waals surface area contributed by atoms with Crippen molar-refractivity contribution in [1.82, 2.24) is 9.97 Å². The largest absolute Gasteiger partial charge is 0.370 e. The zero-order valence-corrected chi connectivity index (χ0v) is 13.1. The van der Waals surface area contributed by atoms with Crippen LogP contribution in [0.5, 0.6) is 0 Å². The van der Waals surface area contributed by atoms with E-state index in [1.807, 2.05) is 13.0 Å². The van der Waals surface area contributed by atoms with Crippen LogP contribution >= 0.6 is 11.8 Å². The summed E-state index contributed by atoms with van der Waals surface area (Å²) in [4.78, 5) is 10.4. The molecule has 2 aromatic rings. The third-order valence-electron chi connectivity index (χ3n) is 2.91. The molecular weight excluding hydrogens is 266 g/mol. The molecule has 0 saturated carbocycles. The van der Waals surface area contributed by atoms with Crippen molar-refractivity contribution < 1.29 is 0 Å². The van der Waals surface area contributed by atoms with Crippen LogP contribution in [0.1, 0.15) is 30.4 Å². The summed E-state index contributed by atoms with van der Waals surface area (Å²) in [5.41, 5.74) is 2.31. The van der Waals surface area contributed by atoms with Gasteiger partial charge in [-0.15, -0.1) is 11.8 Å². The SMILES string of the molecule is CCCNc1cc(C)nc(CSc2ccccc2C)n1. The van der Waals surface area contributed by atoms with Gasteiger partial charge >= 0.3 is 0 Å². The van der Waals surface area contributed by atoms with Crippen molar-refractivity contribution >= 4 is 17.6 Å². The number of thioether (sulfide) groups is 1. The molecule has 0 radical (unpaired) electrons. The predicted molar refractivity (Wildman–Crippen MR) is 86.3 cm³/mol. The molecule has 0 atom stereocenters. The molecule has 1 N–H and O–H groups in total. The van der Waals surface area contributed by atoms with E-state index in [1.54, 1.807) is 11.8 Å². The molecule has 0 aliphatic heterocycles. The van der Waals surface area contributed by atoms with Crippen LogP contribution in [0.2, 0.25) is 0 Å². The Balaban J connectivity index is 2.05. The Labute approximate surface area is 125 Å². The third kappa shape index (κ3) is 4.23. The Bertz CT molecular complexity index is 569. The molecule has 1 aromatic carbocycles. The van der Waals surface area contributed by atoms with Crippen LogP contribution in [-0.4, -0.2) is 16.5 Å². The van der Waals surface area contributed by atoms with Crippen molar-refractivity contribution in [2.45, 2.75) is 37.8 Å². The minimum atomic E-state index is 0.799. The van der Waals surface area contributed by atoms with Crippen molar-refractivity contribution in [2.75, 3.05) is 11.9 Å². The van der Waals surface area contributed by atoms with Gasteiger partial charge in [0, 0.05) is 23.2 Å². The molecule has 1 aromatic heterocycles. The second-order valence-corrected chi connectivity index (χ2v) is 5.81. The summed E-state index contributed by atoms with van der Waals surface area (Å²) in [6.45, 7) is 7.24. The van der Waals surface area contributed by atoms with Crippen LogP contribution in [-0.2, 0) is 5.75 Å². The van der Waals surface area contributed by atoms with Gasteiger partial charge in [0.1, 0.15) is 11.6 Å². The lowest BCUT2D eigenvalue weighted by atomic mass is 10.2. The van der Waals surface area contributed by atoms with Gasteiger partial charge in [0.25, 0.3) is 0 Å². The van der Waals surface area contributed by atoms with Crippen LogP contribution in [0.25, 0.3) is 0 Å². The number of hydrogen-bond donors (Lipinski definition) is 1. The molecule has 0 fully saturated rings. The lowest BCUT2D eigenvalue weighted by Gasteiger charge is -2.08. The molecule has 0 saturated heterocycles. The fourth-order valence-corrected chi connectivity index (χ4v) is 2.78. The van der Waals surface area contributed by atoms with E-state index in [2.05, 4.69) is 53.4 Å². The quantitative estimate of drug-likeness (QED) is 0.808. The van der Waals surface area contributed by atoms with Crippen LogP contribution in [0, 0.1) is 13.8 Å². The molecule has 0 aliphatic carbocycles. The van der Waals surface area contributed by atoms with E-state index in [0.717, 1.165) is 36.1 Å². The zero-order valence-electron chi connectivity index (χ0n) is 12.3. The van der Waals surface area contributed by atoms with E-state index in [4.69, 9.17) is 0 Å². The second-order valence-electron chi connectivity index (χ2n) is 4.79. The maximum absolute atomic E-state index is 4.57. The normalized spacial score (nSPS) is 10.6. The molecule has 0 spiro atoms. The Hall–Kier alpha value is -1.55. The predicted octanol–water partition coefficient (Wildman–Crippen LogP) is 4.21. The Morgan fingerprint density at radius 3 is 2.70 bits per heavy atom. The fraction of sp³-hybridized carbons (Fsp3) is 0.375. The number of rotatable bonds is 6. The maximum atomic E-state index is 4.57. The van der Waals surface area contributed by atoms with Gasteiger partial charge in [-0.3, -0.25) is 0 Å². The molecule has 0 aliphatic rings. The van der Waals surface area contributed by atoms with Gasteiger partial charge in [-0.1, -0.05) is 25.1 Å². The highest BCUT2D eigenvalue weighted by molar-refractivity contribution is 7.98. The number of aryl methyl sites for hydroxylation is 2. The van der Waals surface area contributed by atoms with Gasteiger partial charge in [-0.05, 0) is 31.9 Å². The minimum Gasteiger partial charge on any atom is -0.370 e. The Kier molecular flexibility index (Phi) is 5.41. The molecule has 3 nitrogen and oxygen atoms in total. The van der Waals surface area contributed by atoms with E-state index in [9.17, 15) is 0 Å². The number of nitrogens with one attached hydrogen (secondary N) is 1. The topological polar surface area (TPSA) is 37.8 Å². The lowest BCUT2D eigenvalue weighted by Crippen LogP contribution is -2.05. The highest BCUT2D eigenvalue weighted by Crippen LogP contribution is 2.25. The van der Waals surface area contributed by atoms with Crippen molar-refractivity contribution in [3.8, 4) is 0 Å². The average molecular weight is 287 g/mol. The molecule has 4 heteroatoms. The summed E-state index contributed by atoms with van der Waals surface area (Å²) in [6, 6.07) is 10.4. The maximum Gasteiger partial charge on any atom is 0.141 e. The summed E-state index contributed by atoms with van der Waals surface area (Å²) in [6.07, 6.45) is 1.09. The van der Waals surface area contributed by atoms with Gasteiger partial charge in [0.05, 0.1) is 5.75 Å². The Morgan fingerprint density at radius 1 is 1.15 bits per heavy atom. The molecule has 0 unspecified atom stereocenters. The molecule has 1 heterocycles. The van der Waals surface area contributed by atoms with E-state index in [-0.39, 0.29) is 0 Å². The monoisotopic (exact) mass is 287 g/mol. The molecule has 20 heavy (non-hydrogen) atoms. The number of aromatic nitrogens is 2. The van der Waals surface area contributed by atoms with Gasteiger partial charge in [0.15, 0.2) is 0 Å². The molecule has 0 amide bonds. The van der Waals surface area contributed by atoms with Crippen molar-refractivity contribution in [3.05, 3.63) is 47.4 Å². The van der Waals surface area contributed by atoms with E-state index >= 15 is 0 Å². The number of hydrogen-bond acceptors (Lipinski definition) is 4. The number of nitrogens with zero attached hydrogens (tertiary/aromatic N) is 2. The molecule has 106 valence electrons. The van der Waals surface area contributed by atoms with Crippen molar-refractivity contribution in [3.63, 3.8) is 0 Å². The van der Waals surface area contributed by atoms with Crippen LogP contribution in [0.4, 0.5) is 5.82 Å². The van der Waals surface area contributed by atoms with E-state index < -0.39 is 0 Å². The highest BCUT2D eigenvalue weighted by atomic mass is 32.2. The lowest BCUT2D eigenvalue weighted by molar-refractivity contribution is 0.940.